The molecule has 0 bridgehead atoms. The summed E-state index contributed by atoms with van der Waals surface area (Å²) >= 11 is 0. The van der Waals surface area contributed by atoms with Gasteiger partial charge in [-0.1, -0.05) is 18.2 Å². The molecule has 0 atom stereocenters. The minimum atomic E-state index is 0.702. The smallest absolute Gasteiger partial charge is 0.140 e. The fourth-order valence-electron chi connectivity index (χ4n) is 2.30. The summed E-state index contributed by atoms with van der Waals surface area (Å²) in [5.41, 5.74) is 8.95. The molecule has 0 unspecified atom stereocenters. The van der Waals surface area contributed by atoms with Gasteiger partial charge in [0.1, 0.15) is 11.6 Å². The first-order valence-electron chi connectivity index (χ1n) is 6.77. The zero-order valence-electron chi connectivity index (χ0n) is 11.9. The topological polar surface area (TPSA) is 53.1 Å². The van der Waals surface area contributed by atoms with Crippen molar-refractivity contribution in [3.05, 3.63) is 66.5 Å². The quantitative estimate of drug-likeness (QED) is 0.746. The van der Waals surface area contributed by atoms with Gasteiger partial charge >= 0.3 is 0 Å². The molecule has 0 fully saturated rings. The standard InChI is InChI=1S/C17H17N3O/c1-21-15-8-6-13(7-9-15)17-19-10-11-20(17)12-14-4-2-3-5-16(14)18/h2-11H,12,18H2,1H3. The largest absolute Gasteiger partial charge is 0.497 e. The molecule has 3 aromatic rings. The van der Waals surface area contributed by atoms with Gasteiger partial charge in [0.15, 0.2) is 0 Å². The second kappa shape index (κ2) is 5.71. The molecular weight excluding hydrogens is 262 g/mol. The van der Waals surface area contributed by atoms with Crippen molar-refractivity contribution in [1.82, 2.24) is 9.55 Å². The molecular formula is C17H17N3O. The van der Waals surface area contributed by atoms with E-state index in [1.54, 1.807) is 13.3 Å². The van der Waals surface area contributed by atoms with E-state index < -0.39 is 0 Å². The molecule has 0 aliphatic heterocycles. The minimum absolute atomic E-state index is 0.702. The molecule has 1 aromatic heterocycles. The van der Waals surface area contributed by atoms with E-state index >= 15 is 0 Å². The number of imidazole rings is 1. The Morgan fingerprint density at radius 2 is 1.86 bits per heavy atom. The van der Waals surface area contributed by atoms with Crippen LogP contribution in [0, 0.1) is 0 Å². The zero-order valence-corrected chi connectivity index (χ0v) is 11.9. The second-order valence-electron chi connectivity index (χ2n) is 4.81. The van der Waals surface area contributed by atoms with Crippen LogP contribution in [0.5, 0.6) is 5.75 Å². The Morgan fingerprint density at radius 3 is 2.57 bits per heavy atom. The first-order chi connectivity index (χ1) is 10.3. The number of nitrogens with zero attached hydrogens (tertiary/aromatic N) is 2. The third-order valence-corrected chi connectivity index (χ3v) is 3.46. The van der Waals surface area contributed by atoms with Crippen LogP contribution in [0.1, 0.15) is 5.56 Å². The predicted molar refractivity (Wildman–Crippen MR) is 84.2 cm³/mol. The molecule has 21 heavy (non-hydrogen) atoms. The predicted octanol–water partition coefficient (Wildman–Crippen LogP) is 3.19. The average Bonchev–Trinajstić information content (AvgIpc) is 2.98. The van der Waals surface area contributed by atoms with Crippen LogP contribution in [-0.4, -0.2) is 16.7 Å². The number of aromatic nitrogens is 2. The Bertz CT molecular complexity index is 732. The first kappa shape index (κ1) is 13.2. The van der Waals surface area contributed by atoms with E-state index in [9.17, 15) is 0 Å². The van der Waals surface area contributed by atoms with Gasteiger partial charge in [-0.15, -0.1) is 0 Å². The van der Waals surface area contributed by atoms with Gasteiger partial charge in [-0.05, 0) is 35.9 Å². The number of hydrogen-bond donors (Lipinski definition) is 1. The Balaban J connectivity index is 1.91. The summed E-state index contributed by atoms with van der Waals surface area (Å²) in [6.45, 7) is 0.702. The van der Waals surface area contributed by atoms with E-state index in [4.69, 9.17) is 10.5 Å². The number of nitrogen functional groups attached to an aromatic ring is 1. The number of ether oxygens (including phenoxy) is 1. The van der Waals surface area contributed by atoms with Crippen molar-refractivity contribution in [2.75, 3.05) is 12.8 Å². The summed E-state index contributed by atoms with van der Waals surface area (Å²) in [6, 6.07) is 15.8. The third kappa shape index (κ3) is 2.74. The van der Waals surface area contributed by atoms with Crippen LogP contribution in [0.2, 0.25) is 0 Å². The van der Waals surface area contributed by atoms with Crippen molar-refractivity contribution < 1.29 is 4.74 Å². The van der Waals surface area contributed by atoms with Gasteiger partial charge in [0, 0.05) is 23.6 Å². The lowest BCUT2D eigenvalue weighted by molar-refractivity contribution is 0.415. The Labute approximate surface area is 123 Å². The third-order valence-electron chi connectivity index (χ3n) is 3.46. The molecule has 0 amide bonds. The second-order valence-corrected chi connectivity index (χ2v) is 4.81. The summed E-state index contributed by atoms with van der Waals surface area (Å²) in [6.07, 6.45) is 3.77. The molecule has 4 nitrogen and oxygen atoms in total. The molecule has 4 heteroatoms. The fraction of sp³-hybridized carbons (Fsp3) is 0.118. The number of rotatable bonds is 4. The van der Waals surface area contributed by atoms with Gasteiger partial charge in [-0.3, -0.25) is 0 Å². The van der Waals surface area contributed by atoms with E-state index in [0.29, 0.717) is 6.54 Å². The van der Waals surface area contributed by atoms with E-state index in [-0.39, 0.29) is 0 Å². The molecule has 0 aliphatic rings. The zero-order chi connectivity index (χ0) is 14.7. The summed E-state index contributed by atoms with van der Waals surface area (Å²) in [5, 5.41) is 0. The summed E-state index contributed by atoms with van der Waals surface area (Å²) < 4.78 is 7.28. The fourth-order valence-corrected chi connectivity index (χ4v) is 2.30. The van der Waals surface area contributed by atoms with Crippen molar-refractivity contribution in [1.29, 1.82) is 0 Å². The molecule has 2 N–H and O–H groups in total. The summed E-state index contributed by atoms with van der Waals surface area (Å²) in [4.78, 5) is 4.45. The van der Waals surface area contributed by atoms with Crippen molar-refractivity contribution in [2.45, 2.75) is 6.54 Å². The molecule has 1 heterocycles. The van der Waals surface area contributed by atoms with Crippen LogP contribution in [0.4, 0.5) is 5.69 Å². The molecule has 3 rings (SSSR count). The normalized spacial score (nSPS) is 10.5. The van der Waals surface area contributed by atoms with Crippen LogP contribution in [0.25, 0.3) is 11.4 Å². The number of anilines is 1. The maximum atomic E-state index is 6.01. The Kier molecular flexibility index (Phi) is 3.60. The lowest BCUT2D eigenvalue weighted by Gasteiger charge is -2.10. The number of nitrogens with two attached hydrogens (primary N) is 1. The van der Waals surface area contributed by atoms with Gasteiger partial charge in [-0.2, -0.15) is 0 Å². The molecule has 106 valence electrons. The SMILES string of the molecule is COc1ccc(-c2nccn2Cc2ccccc2N)cc1. The molecule has 0 aliphatic carbocycles. The number of methoxy groups -OCH3 is 1. The average molecular weight is 279 g/mol. The molecule has 2 aromatic carbocycles. The van der Waals surface area contributed by atoms with E-state index in [0.717, 1.165) is 28.4 Å². The van der Waals surface area contributed by atoms with Crippen LogP contribution in [0.15, 0.2) is 60.9 Å². The first-order valence-corrected chi connectivity index (χ1v) is 6.77. The van der Waals surface area contributed by atoms with E-state index in [1.165, 1.54) is 0 Å². The van der Waals surface area contributed by atoms with E-state index in [2.05, 4.69) is 9.55 Å². The van der Waals surface area contributed by atoms with Crippen LogP contribution >= 0.6 is 0 Å². The summed E-state index contributed by atoms with van der Waals surface area (Å²) in [5.74, 6) is 1.75. The van der Waals surface area contributed by atoms with Gasteiger partial charge in [0.2, 0.25) is 0 Å². The van der Waals surface area contributed by atoms with Crippen LogP contribution in [-0.2, 0) is 6.54 Å². The lowest BCUT2D eigenvalue weighted by atomic mass is 10.1. The highest BCUT2D eigenvalue weighted by Gasteiger charge is 2.08. The number of para-hydroxylation sites is 1. The maximum absolute atomic E-state index is 6.01. The Morgan fingerprint density at radius 1 is 1.10 bits per heavy atom. The molecule has 0 saturated heterocycles. The van der Waals surface area contributed by atoms with Gasteiger partial charge in [0.25, 0.3) is 0 Å². The van der Waals surface area contributed by atoms with Crippen LogP contribution < -0.4 is 10.5 Å². The lowest BCUT2D eigenvalue weighted by Crippen LogP contribution is -2.03. The van der Waals surface area contributed by atoms with Crippen molar-refractivity contribution >= 4 is 5.69 Å². The van der Waals surface area contributed by atoms with Crippen molar-refractivity contribution in [2.24, 2.45) is 0 Å². The highest BCUT2D eigenvalue weighted by molar-refractivity contribution is 5.57. The summed E-state index contributed by atoms with van der Waals surface area (Å²) in [7, 11) is 1.66. The maximum Gasteiger partial charge on any atom is 0.140 e. The number of benzene rings is 2. The van der Waals surface area contributed by atoms with Crippen molar-refractivity contribution in [3.63, 3.8) is 0 Å². The van der Waals surface area contributed by atoms with Gasteiger partial charge in [-0.25, -0.2) is 4.98 Å². The molecule has 0 saturated carbocycles. The highest BCUT2D eigenvalue weighted by atomic mass is 16.5. The van der Waals surface area contributed by atoms with Crippen molar-refractivity contribution in [3.8, 4) is 17.1 Å². The van der Waals surface area contributed by atoms with Crippen LogP contribution in [0.3, 0.4) is 0 Å². The monoisotopic (exact) mass is 279 g/mol. The molecule has 0 radical (unpaired) electrons. The molecule has 0 spiro atoms. The van der Waals surface area contributed by atoms with Gasteiger partial charge in [0.05, 0.1) is 13.7 Å². The Hall–Kier alpha value is -2.75. The van der Waals surface area contributed by atoms with Gasteiger partial charge < -0.3 is 15.0 Å². The highest BCUT2D eigenvalue weighted by Crippen LogP contribution is 2.22. The minimum Gasteiger partial charge on any atom is -0.497 e. The number of hydrogen-bond acceptors (Lipinski definition) is 3. The van der Waals surface area contributed by atoms with E-state index in [1.807, 2.05) is 54.7 Å².